The van der Waals surface area contributed by atoms with Gasteiger partial charge < -0.3 is 15.2 Å². The van der Waals surface area contributed by atoms with Gasteiger partial charge in [0.05, 0.1) is 17.4 Å². The Kier molecular flexibility index (Phi) is 6.08. The van der Waals surface area contributed by atoms with Gasteiger partial charge in [-0.05, 0) is 77.9 Å². The number of halogens is 1. The molecule has 0 aliphatic carbocycles. The SMILES string of the molecule is CN1C(C)(C)CC(Nc2nc(Nc3ccc(-n4cccc4)c(C#N)c3)ncc2Cl)CC1(C)C. The van der Waals surface area contributed by atoms with Crippen LogP contribution in [0.25, 0.3) is 5.69 Å². The number of piperidine rings is 1. The molecule has 1 aromatic carbocycles. The lowest BCUT2D eigenvalue weighted by atomic mass is 9.77. The highest BCUT2D eigenvalue weighted by Gasteiger charge is 2.43. The number of nitrogens with one attached hydrogen (secondary N) is 2. The summed E-state index contributed by atoms with van der Waals surface area (Å²) in [7, 11) is 2.19. The molecule has 0 bridgehead atoms. The van der Waals surface area contributed by atoms with Crippen LogP contribution in [-0.2, 0) is 0 Å². The van der Waals surface area contributed by atoms with Crippen LogP contribution in [0.5, 0.6) is 0 Å². The smallest absolute Gasteiger partial charge is 0.229 e. The van der Waals surface area contributed by atoms with Gasteiger partial charge in [0, 0.05) is 35.2 Å². The predicted octanol–water partition coefficient (Wildman–Crippen LogP) is 5.60. The van der Waals surface area contributed by atoms with Crippen molar-refractivity contribution in [2.45, 2.75) is 57.7 Å². The van der Waals surface area contributed by atoms with Crippen molar-refractivity contribution < 1.29 is 0 Å². The molecule has 0 amide bonds. The zero-order valence-electron chi connectivity index (χ0n) is 19.7. The molecule has 1 fully saturated rings. The lowest BCUT2D eigenvalue weighted by Gasteiger charge is -2.53. The number of rotatable bonds is 5. The van der Waals surface area contributed by atoms with Gasteiger partial charge in [0.1, 0.15) is 11.1 Å². The molecule has 3 aromatic rings. The van der Waals surface area contributed by atoms with Crippen molar-refractivity contribution in [1.82, 2.24) is 19.4 Å². The maximum Gasteiger partial charge on any atom is 0.229 e. The second-order valence-electron chi connectivity index (χ2n) is 9.88. The van der Waals surface area contributed by atoms with E-state index in [0.29, 0.717) is 22.4 Å². The highest BCUT2D eigenvalue weighted by Crippen LogP contribution is 2.38. The molecule has 172 valence electrons. The summed E-state index contributed by atoms with van der Waals surface area (Å²) >= 11 is 6.44. The fraction of sp³-hybridized carbons (Fsp3) is 0.400. The van der Waals surface area contributed by atoms with Crippen LogP contribution in [0, 0.1) is 11.3 Å². The monoisotopic (exact) mass is 463 g/mol. The van der Waals surface area contributed by atoms with E-state index in [1.807, 2.05) is 41.2 Å². The summed E-state index contributed by atoms with van der Waals surface area (Å²) in [6.45, 7) is 9.06. The number of hydrogen-bond acceptors (Lipinski definition) is 6. The summed E-state index contributed by atoms with van der Waals surface area (Å²) in [4.78, 5) is 11.4. The Balaban J connectivity index is 1.54. The number of likely N-dealkylation sites (tertiary alicyclic amines) is 1. The average Bonchev–Trinajstić information content (AvgIpc) is 3.28. The Morgan fingerprint density at radius 1 is 1.12 bits per heavy atom. The second kappa shape index (κ2) is 8.69. The third kappa shape index (κ3) is 4.82. The molecule has 1 saturated heterocycles. The van der Waals surface area contributed by atoms with Gasteiger partial charge in [0.2, 0.25) is 5.95 Å². The number of aromatic nitrogens is 3. The van der Waals surface area contributed by atoms with Crippen LogP contribution < -0.4 is 10.6 Å². The highest BCUT2D eigenvalue weighted by molar-refractivity contribution is 6.32. The average molecular weight is 464 g/mol. The summed E-state index contributed by atoms with van der Waals surface area (Å²) < 4.78 is 1.91. The van der Waals surface area contributed by atoms with Crippen molar-refractivity contribution in [3.8, 4) is 11.8 Å². The van der Waals surface area contributed by atoms with Crippen LogP contribution in [0.4, 0.5) is 17.5 Å². The molecule has 1 aliphatic heterocycles. The molecule has 2 aromatic heterocycles. The van der Waals surface area contributed by atoms with E-state index in [2.05, 4.69) is 66.3 Å². The van der Waals surface area contributed by atoms with E-state index in [9.17, 15) is 5.26 Å². The predicted molar refractivity (Wildman–Crippen MR) is 133 cm³/mol. The van der Waals surface area contributed by atoms with Gasteiger partial charge in [-0.25, -0.2) is 4.98 Å². The maximum atomic E-state index is 9.62. The van der Waals surface area contributed by atoms with Gasteiger partial charge >= 0.3 is 0 Å². The Morgan fingerprint density at radius 3 is 2.42 bits per heavy atom. The lowest BCUT2D eigenvalue weighted by molar-refractivity contribution is -0.00772. The Hall–Kier alpha value is -3.08. The van der Waals surface area contributed by atoms with E-state index < -0.39 is 0 Å². The molecule has 1 aliphatic rings. The fourth-order valence-electron chi connectivity index (χ4n) is 4.75. The summed E-state index contributed by atoms with van der Waals surface area (Å²) in [5.74, 6) is 1.03. The van der Waals surface area contributed by atoms with E-state index in [4.69, 9.17) is 11.6 Å². The summed E-state index contributed by atoms with van der Waals surface area (Å²) in [5, 5.41) is 16.9. The number of benzene rings is 1. The Morgan fingerprint density at radius 2 is 1.79 bits per heavy atom. The first-order chi connectivity index (χ1) is 15.6. The van der Waals surface area contributed by atoms with Gasteiger partial charge in [-0.2, -0.15) is 10.2 Å². The quantitative estimate of drug-likeness (QED) is 0.512. The van der Waals surface area contributed by atoms with E-state index in [1.165, 1.54) is 0 Å². The van der Waals surface area contributed by atoms with Crippen molar-refractivity contribution in [2.24, 2.45) is 0 Å². The van der Waals surface area contributed by atoms with Crippen molar-refractivity contribution in [3.63, 3.8) is 0 Å². The van der Waals surface area contributed by atoms with Crippen molar-refractivity contribution in [1.29, 1.82) is 5.26 Å². The summed E-state index contributed by atoms with van der Waals surface area (Å²) in [6.07, 6.45) is 7.37. The van der Waals surface area contributed by atoms with Gasteiger partial charge in [0.25, 0.3) is 0 Å². The van der Waals surface area contributed by atoms with E-state index in [1.54, 1.807) is 12.3 Å². The molecule has 3 heterocycles. The van der Waals surface area contributed by atoms with E-state index in [0.717, 1.165) is 24.2 Å². The first-order valence-electron chi connectivity index (χ1n) is 11.1. The molecule has 2 N–H and O–H groups in total. The minimum absolute atomic E-state index is 0.0508. The van der Waals surface area contributed by atoms with Gasteiger partial charge in [-0.15, -0.1) is 0 Å². The molecule has 0 saturated carbocycles. The first kappa shape index (κ1) is 23.1. The number of hydrogen-bond donors (Lipinski definition) is 2. The van der Waals surface area contributed by atoms with Crippen molar-refractivity contribution in [2.75, 3.05) is 17.7 Å². The number of nitrogens with zero attached hydrogens (tertiary/aromatic N) is 5. The topological polar surface area (TPSA) is 81.8 Å². The normalized spacial score (nSPS) is 18.0. The molecule has 7 nitrogen and oxygen atoms in total. The number of nitriles is 1. The maximum absolute atomic E-state index is 9.62. The Bertz CT molecular complexity index is 1160. The molecular formula is C25H30ClN7. The zero-order valence-corrected chi connectivity index (χ0v) is 20.5. The van der Waals surface area contributed by atoms with E-state index in [-0.39, 0.29) is 17.1 Å². The molecular weight excluding hydrogens is 434 g/mol. The van der Waals surface area contributed by atoms with Crippen LogP contribution in [-0.4, -0.2) is 43.6 Å². The van der Waals surface area contributed by atoms with Crippen LogP contribution in [0.2, 0.25) is 5.02 Å². The molecule has 8 heteroatoms. The molecule has 33 heavy (non-hydrogen) atoms. The molecule has 4 rings (SSSR count). The highest BCUT2D eigenvalue weighted by atomic mass is 35.5. The van der Waals surface area contributed by atoms with E-state index >= 15 is 0 Å². The van der Waals surface area contributed by atoms with Gasteiger partial charge in [-0.1, -0.05) is 11.6 Å². The fourth-order valence-corrected chi connectivity index (χ4v) is 4.89. The van der Waals surface area contributed by atoms with Gasteiger partial charge in [-0.3, -0.25) is 4.90 Å². The van der Waals surface area contributed by atoms with Crippen LogP contribution in [0.15, 0.2) is 48.9 Å². The molecule has 0 spiro atoms. The lowest BCUT2D eigenvalue weighted by Crippen LogP contribution is -2.61. The largest absolute Gasteiger partial charge is 0.366 e. The van der Waals surface area contributed by atoms with Crippen LogP contribution in [0.3, 0.4) is 0 Å². The summed E-state index contributed by atoms with van der Waals surface area (Å²) in [5.41, 5.74) is 2.21. The minimum Gasteiger partial charge on any atom is -0.366 e. The van der Waals surface area contributed by atoms with Gasteiger partial charge in [0.15, 0.2) is 5.82 Å². The number of anilines is 3. The molecule has 0 unspecified atom stereocenters. The standard InChI is InChI=1S/C25H30ClN7/c1-24(2)13-19(14-25(3,4)32(24)5)29-22-20(26)16-28-23(31-22)30-18-8-9-21(17(12-18)15-27)33-10-6-7-11-33/h6-12,16,19H,13-14H2,1-5H3,(H2,28,29,30,31). The van der Waals surface area contributed by atoms with Crippen molar-refractivity contribution >= 4 is 29.1 Å². The third-order valence-corrected chi connectivity index (χ3v) is 6.93. The Labute approximate surface area is 200 Å². The second-order valence-corrected chi connectivity index (χ2v) is 10.3. The van der Waals surface area contributed by atoms with Crippen LogP contribution >= 0.6 is 11.6 Å². The minimum atomic E-state index is 0.0508. The van der Waals surface area contributed by atoms with Crippen molar-refractivity contribution in [3.05, 3.63) is 59.5 Å². The molecule has 0 atom stereocenters. The van der Waals surface area contributed by atoms with Crippen LogP contribution in [0.1, 0.15) is 46.1 Å². The first-order valence-corrected chi connectivity index (χ1v) is 11.4. The summed E-state index contributed by atoms with van der Waals surface area (Å²) in [6, 6.07) is 12.0. The third-order valence-electron chi connectivity index (χ3n) is 6.65. The molecule has 0 radical (unpaired) electrons. The zero-order chi connectivity index (χ0) is 23.8.